The molecule has 1 aromatic rings. The third-order valence-corrected chi connectivity index (χ3v) is 4.01. The molecule has 2 aliphatic rings. The molecule has 1 fully saturated rings. The highest BCUT2D eigenvalue weighted by Crippen LogP contribution is 2.37. The predicted molar refractivity (Wildman–Crippen MR) is 64.8 cm³/mol. The van der Waals surface area contributed by atoms with E-state index in [0.717, 1.165) is 11.1 Å². The molecule has 19 heavy (non-hydrogen) atoms. The average molecular weight is 260 g/mol. The zero-order chi connectivity index (χ0) is 13.8. The van der Waals surface area contributed by atoms with Gasteiger partial charge in [-0.1, -0.05) is 6.07 Å². The molecule has 0 saturated carbocycles. The zero-order valence-corrected chi connectivity index (χ0v) is 10.3. The Kier molecular flexibility index (Phi) is 2.20. The molecule has 1 saturated heterocycles. The normalized spacial score (nSPS) is 24.8. The van der Waals surface area contributed by atoms with E-state index in [1.165, 1.54) is 11.0 Å². The minimum atomic E-state index is -0.996. The van der Waals surface area contributed by atoms with E-state index >= 15 is 0 Å². The number of likely N-dealkylation sites (N-methyl/N-ethyl adjacent to an activating group) is 1. The number of carbonyl (C=O) groups is 3. The maximum Gasteiger partial charge on any atom is 0.335 e. The molecule has 1 atom stereocenters. The molecule has 0 bridgehead atoms. The number of hydrogen-bond acceptors (Lipinski definition) is 3. The molecule has 3 rings (SSSR count). The summed E-state index contributed by atoms with van der Waals surface area (Å²) in [5, 5.41) is 11.3. The molecule has 1 unspecified atom stereocenters. The number of benzene rings is 1. The predicted octanol–water partition coefficient (Wildman–Crippen LogP) is 0.404. The van der Waals surface area contributed by atoms with Gasteiger partial charge in [-0.15, -0.1) is 0 Å². The van der Waals surface area contributed by atoms with Crippen LogP contribution in [-0.4, -0.2) is 40.5 Å². The number of amides is 3. The van der Waals surface area contributed by atoms with Crippen molar-refractivity contribution in [3.05, 3.63) is 34.9 Å². The van der Waals surface area contributed by atoms with Gasteiger partial charge >= 0.3 is 12.0 Å². The van der Waals surface area contributed by atoms with Gasteiger partial charge in [-0.2, -0.15) is 0 Å². The Hall–Kier alpha value is -2.37. The lowest BCUT2D eigenvalue weighted by Gasteiger charge is -2.27. The van der Waals surface area contributed by atoms with Crippen molar-refractivity contribution in [1.29, 1.82) is 0 Å². The van der Waals surface area contributed by atoms with Gasteiger partial charge in [-0.05, 0) is 23.3 Å². The van der Waals surface area contributed by atoms with Crippen LogP contribution in [-0.2, 0) is 17.6 Å². The molecule has 2 N–H and O–H groups in total. The molecule has 1 heterocycles. The number of imide groups is 1. The number of hydrogen-bond donors (Lipinski definition) is 2. The summed E-state index contributed by atoms with van der Waals surface area (Å²) in [7, 11) is 1.59. The van der Waals surface area contributed by atoms with Crippen LogP contribution in [0, 0.1) is 0 Å². The smallest absolute Gasteiger partial charge is 0.335 e. The van der Waals surface area contributed by atoms with Crippen molar-refractivity contribution in [2.24, 2.45) is 0 Å². The number of fused-ring (bicyclic) bond motifs is 1. The highest BCUT2D eigenvalue weighted by Gasteiger charge is 2.54. The number of rotatable bonds is 1. The Morgan fingerprint density at radius 1 is 1.32 bits per heavy atom. The molecule has 1 aliphatic heterocycles. The topological polar surface area (TPSA) is 86.7 Å². The van der Waals surface area contributed by atoms with E-state index in [9.17, 15) is 14.4 Å². The third-order valence-electron chi connectivity index (χ3n) is 4.01. The van der Waals surface area contributed by atoms with Crippen molar-refractivity contribution in [2.75, 3.05) is 7.05 Å². The second-order valence-electron chi connectivity index (χ2n) is 4.99. The van der Waals surface area contributed by atoms with Crippen LogP contribution >= 0.6 is 0 Å². The maximum atomic E-state index is 12.0. The summed E-state index contributed by atoms with van der Waals surface area (Å²) >= 11 is 0. The number of nitrogens with one attached hydrogen (secondary N) is 1. The highest BCUT2D eigenvalue weighted by atomic mass is 16.4. The van der Waals surface area contributed by atoms with Crippen LogP contribution in [0.1, 0.15) is 21.5 Å². The standard InChI is InChI=1S/C13H12N2O4/c1-15-12(19)14-11(18)13(15)5-8-3-2-7(10(16)17)4-9(8)6-13/h2-4H,5-6H2,1H3,(H,16,17)(H,14,18,19). The fraction of sp³-hybridized carbons (Fsp3) is 0.308. The first-order chi connectivity index (χ1) is 8.94. The van der Waals surface area contributed by atoms with Crippen molar-refractivity contribution < 1.29 is 19.5 Å². The summed E-state index contributed by atoms with van der Waals surface area (Å²) in [6, 6.07) is 4.42. The van der Waals surface area contributed by atoms with Crippen LogP contribution < -0.4 is 5.32 Å². The second kappa shape index (κ2) is 3.57. The summed E-state index contributed by atoms with van der Waals surface area (Å²) in [5.74, 6) is -1.31. The average Bonchev–Trinajstić information content (AvgIpc) is 2.84. The molecule has 0 aromatic heterocycles. The SMILES string of the molecule is CN1C(=O)NC(=O)C12Cc1ccc(C(=O)O)cc1C2. The van der Waals surface area contributed by atoms with Gasteiger partial charge in [0.2, 0.25) is 0 Å². The highest BCUT2D eigenvalue weighted by molar-refractivity contribution is 6.07. The fourth-order valence-corrected chi connectivity index (χ4v) is 2.83. The number of carbonyl (C=O) groups excluding carboxylic acids is 2. The molecule has 0 radical (unpaired) electrons. The minimum Gasteiger partial charge on any atom is -0.478 e. The van der Waals surface area contributed by atoms with E-state index in [1.807, 2.05) is 0 Å². The molecule has 3 amide bonds. The monoisotopic (exact) mass is 260 g/mol. The first kappa shape index (κ1) is 11.7. The van der Waals surface area contributed by atoms with E-state index in [2.05, 4.69) is 5.32 Å². The van der Waals surface area contributed by atoms with E-state index < -0.39 is 17.5 Å². The fourth-order valence-electron chi connectivity index (χ4n) is 2.83. The molecule has 6 heteroatoms. The molecule has 6 nitrogen and oxygen atoms in total. The van der Waals surface area contributed by atoms with Crippen molar-refractivity contribution in [3.63, 3.8) is 0 Å². The Morgan fingerprint density at radius 3 is 2.58 bits per heavy atom. The summed E-state index contributed by atoms with van der Waals surface area (Å²) in [6.07, 6.45) is 0.786. The number of carboxylic acid groups (broad SMARTS) is 1. The molecule has 98 valence electrons. The lowest BCUT2D eigenvalue weighted by atomic mass is 9.95. The summed E-state index contributed by atoms with van der Waals surface area (Å²) in [4.78, 5) is 36.0. The van der Waals surface area contributed by atoms with Crippen molar-refractivity contribution in [3.8, 4) is 0 Å². The van der Waals surface area contributed by atoms with Crippen LogP contribution in [0.5, 0.6) is 0 Å². The first-order valence-electron chi connectivity index (χ1n) is 5.88. The van der Waals surface area contributed by atoms with Gasteiger partial charge < -0.3 is 10.0 Å². The molecule has 1 aliphatic carbocycles. The zero-order valence-electron chi connectivity index (χ0n) is 10.3. The van der Waals surface area contributed by atoms with Gasteiger partial charge in [0.1, 0.15) is 5.54 Å². The van der Waals surface area contributed by atoms with Crippen molar-refractivity contribution in [1.82, 2.24) is 10.2 Å². The van der Waals surface area contributed by atoms with Gasteiger partial charge in [-0.25, -0.2) is 9.59 Å². The van der Waals surface area contributed by atoms with Crippen molar-refractivity contribution in [2.45, 2.75) is 18.4 Å². The van der Waals surface area contributed by atoms with Crippen LogP contribution in [0.15, 0.2) is 18.2 Å². The number of aromatic carboxylic acids is 1. The van der Waals surface area contributed by atoms with Gasteiger partial charge in [-0.3, -0.25) is 10.1 Å². The summed E-state index contributed by atoms with van der Waals surface area (Å²) in [5.41, 5.74) is 1.04. The van der Waals surface area contributed by atoms with E-state index in [1.54, 1.807) is 19.2 Å². The lowest BCUT2D eigenvalue weighted by molar-refractivity contribution is -0.125. The molecule has 1 aromatic carbocycles. The van der Waals surface area contributed by atoms with E-state index in [-0.39, 0.29) is 11.5 Å². The van der Waals surface area contributed by atoms with Crippen LogP contribution in [0.3, 0.4) is 0 Å². The largest absolute Gasteiger partial charge is 0.478 e. The Balaban J connectivity index is 2.02. The maximum absolute atomic E-state index is 12.0. The van der Waals surface area contributed by atoms with Gasteiger partial charge in [0.25, 0.3) is 5.91 Å². The molecule has 1 spiro atoms. The van der Waals surface area contributed by atoms with E-state index in [4.69, 9.17) is 5.11 Å². The summed E-state index contributed by atoms with van der Waals surface area (Å²) < 4.78 is 0. The molecular weight excluding hydrogens is 248 g/mol. The van der Waals surface area contributed by atoms with Gasteiger partial charge in [0.05, 0.1) is 5.56 Å². The van der Waals surface area contributed by atoms with E-state index in [0.29, 0.717) is 12.8 Å². The Morgan fingerprint density at radius 2 is 2.00 bits per heavy atom. The summed E-state index contributed by atoms with van der Waals surface area (Å²) in [6.45, 7) is 0. The second-order valence-corrected chi connectivity index (χ2v) is 4.99. The van der Waals surface area contributed by atoms with Crippen LogP contribution in [0.2, 0.25) is 0 Å². The quantitative estimate of drug-likeness (QED) is 0.716. The van der Waals surface area contributed by atoms with Crippen molar-refractivity contribution >= 4 is 17.9 Å². The number of nitrogens with zero attached hydrogens (tertiary/aromatic N) is 1. The lowest BCUT2D eigenvalue weighted by Crippen LogP contribution is -2.48. The third kappa shape index (κ3) is 1.46. The van der Waals surface area contributed by atoms with Gasteiger partial charge in [0, 0.05) is 19.9 Å². The number of urea groups is 1. The minimum absolute atomic E-state index is 0.197. The Bertz CT molecular complexity index is 625. The van der Waals surface area contributed by atoms with Crippen LogP contribution in [0.4, 0.5) is 4.79 Å². The molecular formula is C13H12N2O4. The van der Waals surface area contributed by atoms with Crippen LogP contribution in [0.25, 0.3) is 0 Å². The Labute approximate surface area is 109 Å². The first-order valence-corrected chi connectivity index (χ1v) is 5.88. The van der Waals surface area contributed by atoms with Gasteiger partial charge in [0.15, 0.2) is 0 Å². The number of carboxylic acids is 1.